The highest BCUT2D eigenvalue weighted by molar-refractivity contribution is 5.64. The molecule has 0 aliphatic carbocycles. The van der Waals surface area contributed by atoms with Crippen LogP contribution in [0, 0.1) is 11.3 Å². The second kappa shape index (κ2) is 5.53. The molecule has 0 aromatic heterocycles. The topological polar surface area (TPSA) is 55.6 Å². The van der Waals surface area contributed by atoms with Crippen molar-refractivity contribution in [1.29, 1.82) is 0 Å². The third-order valence-corrected chi connectivity index (χ3v) is 3.13. The minimum absolute atomic E-state index is 0.0182. The molecule has 4 heteroatoms. The highest BCUT2D eigenvalue weighted by Gasteiger charge is 2.25. The largest absolute Gasteiger partial charge is 0.449 e. The molecule has 0 aromatic carbocycles. The molecule has 16 heavy (non-hydrogen) atoms. The third-order valence-electron chi connectivity index (χ3n) is 3.13. The Morgan fingerprint density at radius 3 is 2.50 bits per heavy atom. The van der Waals surface area contributed by atoms with Crippen molar-refractivity contribution in [2.45, 2.75) is 33.6 Å². The summed E-state index contributed by atoms with van der Waals surface area (Å²) in [6, 6.07) is 0. The molecule has 0 bridgehead atoms. The smallest absolute Gasteiger partial charge is 0.404 e. The van der Waals surface area contributed by atoms with Gasteiger partial charge in [0.05, 0.1) is 6.61 Å². The highest BCUT2D eigenvalue weighted by Crippen LogP contribution is 2.22. The monoisotopic (exact) mass is 228 g/mol. The van der Waals surface area contributed by atoms with Crippen LogP contribution < -0.4 is 5.73 Å². The summed E-state index contributed by atoms with van der Waals surface area (Å²) in [6.07, 6.45) is 1.86. The first-order valence-electron chi connectivity index (χ1n) is 6.04. The molecule has 0 saturated carbocycles. The van der Waals surface area contributed by atoms with Crippen LogP contribution in [-0.4, -0.2) is 37.2 Å². The maximum Gasteiger partial charge on any atom is 0.404 e. The molecular weight excluding hydrogens is 204 g/mol. The van der Waals surface area contributed by atoms with Crippen LogP contribution in [0.5, 0.6) is 0 Å². The number of primary amides is 1. The van der Waals surface area contributed by atoms with Gasteiger partial charge in [-0.05, 0) is 31.8 Å². The minimum Gasteiger partial charge on any atom is -0.449 e. The summed E-state index contributed by atoms with van der Waals surface area (Å²) in [5.41, 5.74) is 4.96. The molecular formula is C12H24N2O2. The Bertz CT molecular complexity index is 233. The van der Waals surface area contributed by atoms with E-state index in [2.05, 4.69) is 25.7 Å². The van der Waals surface area contributed by atoms with Crippen LogP contribution in [0.2, 0.25) is 0 Å². The van der Waals surface area contributed by atoms with Crippen molar-refractivity contribution in [3.05, 3.63) is 0 Å². The van der Waals surface area contributed by atoms with Gasteiger partial charge in [-0.2, -0.15) is 0 Å². The molecule has 0 atom stereocenters. The molecule has 1 aliphatic rings. The average Bonchev–Trinajstić information content (AvgIpc) is 2.19. The van der Waals surface area contributed by atoms with Crippen LogP contribution in [0.3, 0.4) is 0 Å². The normalized spacial score (nSPS) is 19.7. The number of likely N-dealkylation sites (tertiary alicyclic amines) is 1. The van der Waals surface area contributed by atoms with E-state index >= 15 is 0 Å². The molecule has 0 radical (unpaired) electrons. The fourth-order valence-corrected chi connectivity index (χ4v) is 2.14. The standard InChI is InChI=1S/C12H24N2O2/c1-10-4-6-14(7-5-10)8-12(2,3)9-16-11(13)15/h10H,4-9H2,1-3H3,(H2,13,15). The van der Waals surface area contributed by atoms with Gasteiger partial charge in [0.25, 0.3) is 0 Å². The number of hydrogen-bond acceptors (Lipinski definition) is 3. The Kier molecular flexibility index (Phi) is 4.59. The minimum atomic E-state index is -0.680. The summed E-state index contributed by atoms with van der Waals surface area (Å²) in [4.78, 5) is 13.0. The van der Waals surface area contributed by atoms with Crippen molar-refractivity contribution in [2.24, 2.45) is 17.1 Å². The summed E-state index contributed by atoms with van der Waals surface area (Å²) < 4.78 is 4.88. The number of hydrogen-bond donors (Lipinski definition) is 1. The number of nitrogens with two attached hydrogens (primary N) is 1. The molecule has 1 saturated heterocycles. The van der Waals surface area contributed by atoms with Gasteiger partial charge >= 0.3 is 6.09 Å². The fraction of sp³-hybridized carbons (Fsp3) is 0.917. The Labute approximate surface area is 98.1 Å². The number of carbonyl (C=O) groups is 1. The Morgan fingerprint density at radius 2 is 2.00 bits per heavy atom. The van der Waals surface area contributed by atoms with Gasteiger partial charge in [-0.15, -0.1) is 0 Å². The molecule has 1 aliphatic heterocycles. The van der Waals surface area contributed by atoms with Crippen LogP contribution in [0.1, 0.15) is 33.6 Å². The van der Waals surface area contributed by atoms with Crippen molar-refractivity contribution in [1.82, 2.24) is 4.90 Å². The average molecular weight is 228 g/mol. The zero-order chi connectivity index (χ0) is 12.2. The molecule has 1 rings (SSSR count). The zero-order valence-electron chi connectivity index (χ0n) is 10.7. The van der Waals surface area contributed by atoms with E-state index in [1.165, 1.54) is 12.8 Å². The number of ether oxygens (including phenoxy) is 1. The SMILES string of the molecule is CC1CCN(CC(C)(C)COC(N)=O)CC1. The highest BCUT2D eigenvalue weighted by atomic mass is 16.5. The quantitative estimate of drug-likeness (QED) is 0.798. The fourth-order valence-electron chi connectivity index (χ4n) is 2.14. The first-order valence-corrected chi connectivity index (χ1v) is 6.04. The lowest BCUT2D eigenvalue weighted by atomic mass is 9.91. The Balaban J connectivity index is 2.31. The van der Waals surface area contributed by atoms with E-state index < -0.39 is 6.09 Å². The number of amides is 1. The van der Waals surface area contributed by atoms with E-state index in [9.17, 15) is 4.79 Å². The van der Waals surface area contributed by atoms with Crippen LogP contribution in [0.15, 0.2) is 0 Å². The van der Waals surface area contributed by atoms with E-state index in [-0.39, 0.29) is 5.41 Å². The second-order valence-corrected chi connectivity index (χ2v) is 5.73. The van der Waals surface area contributed by atoms with E-state index in [1.807, 2.05) is 0 Å². The van der Waals surface area contributed by atoms with Crippen molar-refractivity contribution >= 4 is 6.09 Å². The summed E-state index contributed by atoms with van der Waals surface area (Å²) >= 11 is 0. The van der Waals surface area contributed by atoms with Gasteiger partial charge in [-0.25, -0.2) is 4.79 Å². The predicted molar refractivity (Wildman–Crippen MR) is 64.2 cm³/mol. The Morgan fingerprint density at radius 1 is 1.44 bits per heavy atom. The zero-order valence-corrected chi connectivity index (χ0v) is 10.7. The summed E-state index contributed by atoms with van der Waals surface area (Å²) in [7, 11) is 0. The second-order valence-electron chi connectivity index (χ2n) is 5.73. The third kappa shape index (κ3) is 4.84. The molecule has 2 N–H and O–H groups in total. The van der Waals surface area contributed by atoms with E-state index in [4.69, 9.17) is 10.5 Å². The van der Waals surface area contributed by atoms with Crippen molar-refractivity contribution < 1.29 is 9.53 Å². The van der Waals surface area contributed by atoms with Gasteiger partial charge in [0.1, 0.15) is 0 Å². The van der Waals surface area contributed by atoms with Crippen LogP contribution in [0.4, 0.5) is 4.79 Å². The van der Waals surface area contributed by atoms with Gasteiger partial charge in [0.15, 0.2) is 0 Å². The molecule has 0 aromatic rings. The first-order chi connectivity index (χ1) is 7.39. The maximum absolute atomic E-state index is 10.6. The van der Waals surface area contributed by atoms with E-state index in [1.54, 1.807) is 0 Å². The lowest BCUT2D eigenvalue weighted by Gasteiger charge is -2.36. The van der Waals surface area contributed by atoms with Crippen molar-refractivity contribution in [3.8, 4) is 0 Å². The lowest BCUT2D eigenvalue weighted by Crippen LogP contribution is -2.41. The molecule has 0 unspecified atom stereocenters. The van der Waals surface area contributed by atoms with Crippen LogP contribution >= 0.6 is 0 Å². The molecule has 94 valence electrons. The lowest BCUT2D eigenvalue weighted by molar-refractivity contribution is 0.0664. The van der Waals surface area contributed by atoms with Crippen molar-refractivity contribution in [3.63, 3.8) is 0 Å². The van der Waals surface area contributed by atoms with Gasteiger partial charge in [0, 0.05) is 12.0 Å². The van der Waals surface area contributed by atoms with Crippen molar-refractivity contribution in [2.75, 3.05) is 26.2 Å². The van der Waals surface area contributed by atoms with Crippen LogP contribution in [-0.2, 0) is 4.74 Å². The molecule has 0 spiro atoms. The van der Waals surface area contributed by atoms with E-state index in [0.29, 0.717) is 6.61 Å². The molecule has 1 amide bonds. The van der Waals surface area contributed by atoms with Gasteiger partial charge < -0.3 is 15.4 Å². The molecule has 1 fully saturated rings. The van der Waals surface area contributed by atoms with Gasteiger partial charge in [-0.3, -0.25) is 0 Å². The summed E-state index contributed by atoms with van der Waals surface area (Å²) in [5.74, 6) is 0.848. The summed E-state index contributed by atoms with van der Waals surface area (Å²) in [5, 5.41) is 0. The summed E-state index contributed by atoms with van der Waals surface area (Å²) in [6.45, 7) is 10.2. The number of rotatable bonds is 4. The first kappa shape index (κ1) is 13.3. The molecule has 4 nitrogen and oxygen atoms in total. The Hall–Kier alpha value is -0.770. The van der Waals surface area contributed by atoms with E-state index in [0.717, 1.165) is 25.6 Å². The van der Waals surface area contributed by atoms with Crippen LogP contribution in [0.25, 0.3) is 0 Å². The van der Waals surface area contributed by atoms with Gasteiger partial charge in [-0.1, -0.05) is 20.8 Å². The maximum atomic E-state index is 10.6. The van der Waals surface area contributed by atoms with Gasteiger partial charge in [0.2, 0.25) is 0 Å². The number of nitrogens with zero attached hydrogens (tertiary/aromatic N) is 1. The number of carbonyl (C=O) groups excluding carboxylic acids is 1. The molecule has 1 heterocycles. The predicted octanol–water partition coefficient (Wildman–Crippen LogP) is 1.84. The number of piperidine rings is 1.